The molecule has 0 unspecified atom stereocenters. The molecule has 1 N–H and O–H groups in total. The maximum atomic E-state index is 4.05. The minimum absolute atomic E-state index is 0.884. The summed E-state index contributed by atoms with van der Waals surface area (Å²) in [6.45, 7) is 44.9. The van der Waals surface area contributed by atoms with E-state index >= 15 is 0 Å². The first kappa shape index (κ1) is 50.8. The smallest absolute Gasteiger partial charge is 0.0172 e. The number of unbranched alkanes of at least 4 members (excludes halogenated alkanes) is 2. The number of hydrogen-bond donors (Lipinski definition) is 1. The van der Waals surface area contributed by atoms with Crippen molar-refractivity contribution in [3.8, 4) is 0 Å². The van der Waals surface area contributed by atoms with Crippen molar-refractivity contribution in [2.45, 2.75) is 181 Å². The summed E-state index contributed by atoms with van der Waals surface area (Å²) in [5.41, 5.74) is 8.39. The Morgan fingerprint density at radius 2 is 1.26 bits per heavy atom. The van der Waals surface area contributed by atoms with Crippen molar-refractivity contribution in [2.24, 2.45) is 17.8 Å². The molecular weight excluding hydrogens is 555 g/mol. The third-order valence-electron chi connectivity index (χ3n) is 7.77. The molecule has 3 rings (SSSR count). The third kappa shape index (κ3) is 34.8. The molecule has 2 aliphatic carbocycles. The molecule has 0 saturated heterocycles. The van der Waals surface area contributed by atoms with Crippen molar-refractivity contribution in [3.05, 3.63) is 72.0 Å². The summed E-state index contributed by atoms with van der Waals surface area (Å²) in [6, 6.07) is 6.47. The van der Waals surface area contributed by atoms with Gasteiger partial charge < -0.3 is 5.32 Å². The maximum absolute atomic E-state index is 4.05. The molecule has 1 nitrogen and oxygen atoms in total. The minimum atomic E-state index is 0.884. The minimum Gasteiger partial charge on any atom is -0.389 e. The molecule has 270 valence electrons. The van der Waals surface area contributed by atoms with Gasteiger partial charge in [0, 0.05) is 12.2 Å². The van der Waals surface area contributed by atoms with E-state index in [4.69, 9.17) is 0 Å². The summed E-state index contributed by atoms with van der Waals surface area (Å²) in [6.07, 6.45) is 18.8. The zero-order valence-corrected chi connectivity index (χ0v) is 34.4. The third-order valence-corrected chi connectivity index (χ3v) is 7.77. The Morgan fingerprint density at radius 1 is 0.804 bits per heavy atom. The van der Waals surface area contributed by atoms with Crippen LogP contribution in [-0.2, 0) is 0 Å². The molecule has 1 aromatic carbocycles. The molecule has 0 heterocycles. The first-order chi connectivity index (χ1) is 21.7. The van der Waals surface area contributed by atoms with Gasteiger partial charge in [-0.2, -0.15) is 0 Å². The summed E-state index contributed by atoms with van der Waals surface area (Å²) in [5.74, 6) is 2.88. The normalized spacial score (nSPS) is 12.9. The van der Waals surface area contributed by atoms with Gasteiger partial charge in [-0.1, -0.05) is 194 Å². The maximum Gasteiger partial charge on any atom is 0.0172 e. The van der Waals surface area contributed by atoms with Gasteiger partial charge in [-0.15, -0.1) is 0 Å². The second-order valence-electron chi connectivity index (χ2n) is 13.6. The van der Waals surface area contributed by atoms with Crippen molar-refractivity contribution in [1.29, 1.82) is 0 Å². The fourth-order valence-electron chi connectivity index (χ4n) is 3.78. The van der Waals surface area contributed by atoms with E-state index in [1.165, 1.54) is 105 Å². The summed E-state index contributed by atoms with van der Waals surface area (Å²) in [4.78, 5) is 0. The summed E-state index contributed by atoms with van der Waals surface area (Å²) in [7, 11) is 0. The quantitative estimate of drug-likeness (QED) is 0.265. The van der Waals surface area contributed by atoms with Gasteiger partial charge >= 0.3 is 0 Å². The second-order valence-corrected chi connectivity index (χ2v) is 13.6. The lowest BCUT2D eigenvalue weighted by atomic mass is 9.91. The molecule has 0 aromatic heterocycles. The molecule has 0 amide bonds. The molecule has 0 radical (unpaired) electrons. The predicted molar refractivity (Wildman–Crippen MR) is 220 cm³/mol. The van der Waals surface area contributed by atoms with Gasteiger partial charge in [0.05, 0.1) is 0 Å². The number of allylic oxidation sites excluding steroid dienone is 5. The lowest BCUT2D eigenvalue weighted by Crippen LogP contribution is -2.12. The van der Waals surface area contributed by atoms with Crippen LogP contribution in [0.3, 0.4) is 0 Å². The number of aryl methyl sites for hydroxylation is 1. The van der Waals surface area contributed by atoms with E-state index in [9.17, 15) is 0 Å². The molecule has 0 spiro atoms. The average molecular weight is 640 g/mol. The van der Waals surface area contributed by atoms with Crippen LogP contribution in [0, 0.1) is 24.7 Å². The first-order valence-corrected chi connectivity index (χ1v) is 19.2. The lowest BCUT2D eigenvalue weighted by Gasteiger charge is -2.15. The van der Waals surface area contributed by atoms with Gasteiger partial charge in [-0.25, -0.2) is 0 Å². The van der Waals surface area contributed by atoms with Crippen LogP contribution < -0.4 is 5.32 Å². The molecule has 2 fully saturated rings. The topological polar surface area (TPSA) is 12.0 Å². The monoisotopic (exact) mass is 640 g/mol. The fraction of sp³-hybridized carbons (Fsp3) is 0.689. The van der Waals surface area contributed by atoms with Crippen LogP contribution in [0.5, 0.6) is 0 Å². The molecule has 0 aliphatic heterocycles. The van der Waals surface area contributed by atoms with Crippen LogP contribution in [0.2, 0.25) is 0 Å². The lowest BCUT2D eigenvalue weighted by molar-refractivity contribution is 0.385. The van der Waals surface area contributed by atoms with E-state index < -0.39 is 0 Å². The molecular formula is C45H85N. The van der Waals surface area contributed by atoms with Crippen molar-refractivity contribution in [3.63, 3.8) is 0 Å². The Morgan fingerprint density at radius 3 is 1.52 bits per heavy atom. The average Bonchev–Trinajstić information content (AvgIpc) is 3.88. The van der Waals surface area contributed by atoms with Crippen molar-refractivity contribution in [1.82, 2.24) is 5.32 Å². The predicted octanol–water partition coefficient (Wildman–Crippen LogP) is 15.8. The molecule has 46 heavy (non-hydrogen) atoms. The fourth-order valence-corrected chi connectivity index (χ4v) is 3.78. The number of nitrogens with one attached hydrogen (secondary N) is 1. The van der Waals surface area contributed by atoms with Crippen molar-refractivity contribution >= 4 is 11.1 Å². The largest absolute Gasteiger partial charge is 0.389 e. The highest BCUT2D eigenvalue weighted by Gasteiger charge is 2.20. The van der Waals surface area contributed by atoms with Gasteiger partial charge in [0.25, 0.3) is 0 Å². The zero-order valence-electron chi connectivity index (χ0n) is 34.4. The van der Waals surface area contributed by atoms with E-state index in [1.54, 1.807) is 0 Å². The summed E-state index contributed by atoms with van der Waals surface area (Å²) >= 11 is 0. The first-order valence-electron chi connectivity index (χ1n) is 19.2. The van der Waals surface area contributed by atoms with E-state index in [2.05, 4.69) is 119 Å². The Bertz CT molecular complexity index is 862. The molecule has 2 saturated carbocycles. The van der Waals surface area contributed by atoms with Crippen LogP contribution in [0.1, 0.15) is 191 Å². The van der Waals surface area contributed by atoms with E-state index in [0.717, 1.165) is 35.6 Å². The van der Waals surface area contributed by atoms with Gasteiger partial charge in [-0.05, 0) is 81.9 Å². The molecule has 1 aromatic rings. The zero-order chi connectivity index (χ0) is 36.5. The van der Waals surface area contributed by atoms with Crippen LogP contribution in [-0.4, -0.2) is 6.54 Å². The SMILES string of the molecule is C=C(C)NCC1CC1.C=CC(=C(C)C)c1ccc(C)cc1C(=C)C.CC.CC1CCCCC1.CCC(C)C.CCCC.CCCC. The van der Waals surface area contributed by atoms with Crippen LogP contribution in [0.15, 0.2) is 55.3 Å². The van der Waals surface area contributed by atoms with Gasteiger partial charge in [0.1, 0.15) is 0 Å². The highest BCUT2D eigenvalue weighted by atomic mass is 14.9. The Labute approximate surface area is 292 Å². The molecule has 0 atom stereocenters. The van der Waals surface area contributed by atoms with Crippen LogP contribution in [0.4, 0.5) is 0 Å². The number of hydrogen-bond acceptors (Lipinski definition) is 1. The standard InChI is InChI=1S/C16H20.C7H13N.C7H14.C5H12.2C4H10.C2H6/c1-7-14(11(2)3)15-9-8-13(6)10-16(15)12(4)5;1-6(2)8-5-7-3-4-7;1-7-5-3-2-4-6-7;1-4-5(2)3;2*1-3-4-2;1-2/h7-10H,1,4H2,2-3,5-6H3;7-8H,1,3-5H2,2H3;7H,2-6H2,1H3;5H,4H2,1-3H3;2*3-4H2,1-2H3;1-2H3. The van der Waals surface area contributed by atoms with Crippen LogP contribution in [0.25, 0.3) is 11.1 Å². The Hall–Kier alpha value is -2.02. The molecule has 1 heteroatoms. The highest BCUT2D eigenvalue weighted by molar-refractivity contribution is 5.84. The van der Waals surface area contributed by atoms with E-state index in [-0.39, 0.29) is 0 Å². The van der Waals surface area contributed by atoms with Crippen molar-refractivity contribution < 1.29 is 0 Å². The molecule has 0 bridgehead atoms. The van der Waals surface area contributed by atoms with Gasteiger partial charge in [0.15, 0.2) is 0 Å². The summed E-state index contributed by atoms with van der Waals surface area (Å²) in [5, 5.41) is 3.21. The Balaban J connectivity index is -0.000000249. The van der Waals surface area contributed by atoms with Gasteiger partial charge in [0.2, 0.25) is 0 Å². The van der Waals surface area contributed by atoms with E-state index in [0.29, 0.717) is 0 Å². The molecule has 2 aliphatic rings. The van der Waals surface area contributed by atoms with E-state index in [1.807, 2.05) is 33.8 Å². The second kappa shape index (κ2) is 35.8. The Kier molecular flexibility index (Phi) is 39.6. The van der Waals surface area contributed by atoms with Gasteiger partial charge in [-0.3, -0.25) is 0 Å². The van der Waals surface area contributed by atoms with Crippen molar-refractivity contribution in [2.75, 3.05) is 6.54 Å². The van der Waals surface area contributed by atoms with Crippen LogP contribution >= 0.6 is 0 Å². The number of rotatable bonds is 9. The number of benzene rings is 1. The summed E-state index contributed by atoms with van der Waals surface area (Å²) < 4.78 is 0. The highest BCUT2D eigenvalue weighted by Crippen LogP contribution is 2.29.